The molecule has 0 N–H and O–H groups in total. The molecule has 0 saturated carbocycles. The first-order chi connectivity index (χ1) is 7.70. The molecule has 0 fully saturated rings. The van der Waals surface area contributed by atoms with Gasteiger partial charge in [0.05, 0.1) is 10.7 Å². The van der Waals surface area contributed by atoms with Crippen LogP contribution < -0.4 is 0 Å². The van der Waals surface area contributed by atoms with E-state index in [0.717, 1.165) is 11.1 Å². The summed E-state index contributed by atoms with van der Waals surface area (Å²) in [5.74, 6) is -0.267. The average molecular weight is 301 g/mol. The predicted octanol–water partition coefficient (Wildman–Crippen LogP) is 4.44. The van der Waals surface area contributed by atoms with Crippen LogP contribution in [-0.2, 0) is 5.33 Å². The lowest BCUT2D eigenvalue weighted by molar-refractivity contribution is 0.628. The largest absolute Gasteiger partial charge is 0.254 e. The van der Waals surface area contributed by atoms with Crippen LogP contribution in [0.2, 0.25) is 5.02 Å². The number of pyridine rings is 1. The lowest BCUT2D eigenvalue weighted by atomic mass is 10.1. The Balaban J connectivity index is 2.44. The summed E-state index contributed by atoms with van der Waals surface area (Å²) in [7, 11) is 0. The number of hydrogen-bond donors (Lipinski definition) is 0. The van der Waals surface area contributed by atoms with Crippen LogP contribution in [0.4, 0.5) is 4.39 Å². The summed E-state index contributed by atoms with van der Waals surface area (Å²) in [5, 5.41) is 1.28. The maximum absolute atomic E-state index is 12.8. The Bertz CT molecular complexity index is 499. The first-order valence-electron chi connectivity index (χ1n) is 4.67. The number of rotatable bonds is 2. The summed E-state index contributed by atoms with van der Waals surface area (Å²) in [6.07, 6.45) is 1.75. The Morgan fingerprint density at radius 1 is 1.25 bits per heavy atom. The second-order valence-corrected chi connectivity index (χ2v) is 4.28. The Morgan fingerprint density at radius 2 is 1.94 bits per heavy atom. The molecule has 4 heteroatoms. The van der Waals surface area contributed by atoms with Crippen molar-refractivity contribution in [2.75, 3.05) is 0 Å². The van der Waals surface area contributed by atoms with Crippen LogP contribution in [0.3, 0.4) is 0 Å². The minimum Gasteiger partial charge on any atom is -0.254 e. The zero-order chi connectivity index (χ0) is 11.5. The molecular weight excluding hydrogens is 292 g/mol. The Labute approximate surface area is 106 Å². The Kier molecular flexibility index (Phi) is 3.56. The molecule has 1 nitrogen and oxygen atoms in total. The van der Waals surface area contributed by atoms with Gasteiger partial charge >= 0.3 is 0 Å². The van der Waals surface area contributed by atoms with Gasteiger partial charge in [-0.25, -0.2) is 4.39 Å². The minimum absolute atomic E-state index is 0.267. The van der Waals surface area contributed by atoms with Gasteiger partial charge in [-0.1, -0.05) is 27.5 Å². The maximum Gasteiger partial charge on any atom is 0.123 e. The highest BCUT2D eigenvalue weighted by molar-refractivity contribution is 9.08. The monoisotopic (exact) mass is 299 g/mol. The van der Waals surface area contributed by atoms with Crippen LogP contribution in [-0.4, -0.2) is 4.98 Å². The number of aromatic nitrogens is 1. The molecule has 2 rings (SSSR count). The van der Waals surface area contributed by atoms with Gasteiger partial charge in [-0.3, -0.25) is 4.98 Å². The van der Waals surface area contributed by atoms with Crippen molar-refractivity contribution in [3.63, 3.8) is 0 Å². The Morgan fingerprint density at radius 3 is 2.50 bits per heavy atom. The molecular formula is C12H8BrClFN. The van der Waals surface area contributed by atoms with Gasteiger partial charge in [0, 0.05) is 17.1 Å². The van der Waals surface area contributed by atoms with Crippen molar-refractivity contribution < 1.29 is 4.39 Å². The van der Waals surface area contributed by atoms with Crippen LogP contribution in [0, 0.1) is 5.82 Å². The molecule has 0 bridgehead atoms. The van der Waals surface area contributed by atoms with Crippen molar-refractivity contribution in [1.29, 1.82) is 0 Å². The van der Waals surface area contributed by atoms with Crippen molar-refractivity contribution in [2.24, 2.45) is 0 Å². The third-order valence-electron chi connectivity index (χ3n) is 2.17. The summed E-state index contributed by atoms with van der Waals surface area (Å²) in [6.45, 7) is 0. The summed E-state index contributed by atoms with van der Waals surface area (Å²) in [4.78, 5) is 4.26. The van der Waals surface area contributed by atoms with Gasteiger partial charge in [-0.2, -0.15) is 0 Å². The molecule has 0 spiro atoms. The summed E-state index contributed by atoms with van der Waals surface area (Å²) >= 11 is 9.44. The summed E-state index contributed by atoms with van der Waals surface area (Å²) in [5.41, 5.74) is 2.50. The van der Waals surface area contributed by atoms with Gasteiger partial charge < -0.3 is 0 Å². The normalized spacial score (nSPS) is 10.4. The molecule has 0 aliphatic heterocycles. The molecule has 0 atom stereocenters. The molecule has 2 aromatic rings. The minimum atomic E-state index is -0.267. The molecule has 1 heterocycles. The van der Waals surface area contributed by atoms with Crippen molar-refractivity contribution >= 4 is 27.5 Å². The quantitative estimate of drug-likeness (QED) is 0.747. The second kappa shape index (κ2) is 4.93. The summed E-state index contributed by atoms with van der Waals surface area (Å²) < 4.78 is 12.8. The van der Waals surface area contributed by atoms with Gasteiger partial charge in [0.15, 0.2) is 0 Å². The lowest BCUT2D eigenvalue weighted by Gasteiger charge is -2.04. The fourth-order valence-electron chi connectivity index (χ4n) is 1.37. The maximum atomic E-state index is 12.8. The topological polar surface area (TPSA) is 12.9 Å². The van der Waals surface area contributed by atoms with Crippen molar-refractivity contribution in [3.05, 3.63) is 52.9 Å². The van der Waals surface area contributed by atoms with Crippen LogP contribution in [0.1, 0.15) is 5.56 Å². The second-order valence-electron chi connectivity index (χ2n) is 3.31. The number of benzene rings is 1. The van der Waals surface area contributed by atoms with Crippen LogP contribution in [0.25, 0.3) is 11.3 Å². The van der Waals surface area contributed by atoms with E-state index in [1.54, 1.807) is 18.3 Å². The molecule has 0 amide bonds. The molecule has 0 aliphatic carbocycles. The van der Waals surface area contributed by atoms with E-state index < -0.39 is 0 Å². The highest BCUT2D eigenvalue weighted by atomic mass is 79.9. The van der Waals surface area contributed by atoms with E-state index in [4.69, 9.17) is 11.6 Å². The van der Waals surface area contributed by atoms with Gasteiger partial charge in [0.25, 0.3) is 0 Å². The smallest absolute Gasteiger partial charge is 0.123 e. The van der Waals surface area contributed by atoms with E-state index in [0.29, 0.717) is 16.0 Å². The molecule has 1 aromatic carbocycles. The third-order valence-corrected chi connectivity index (χ3v) is 3.11. The zero-order valence-electron chi connectivity index (χ0n) is 8.25. The standard InChI is InChI=1S/C12H8BrClFN/c13-6-8-5-11(14)12(16-7-8)9-1-3-10(15)4-2-9/h1-5,7H,6H2. The van der Waals surface area contributed by atoms with Crippen molar-refractivity contribution in [2.45, 2.75) is 5.33 Å². The third kappa shape index (κ3) is 2.42. The Hall–Kier alpha value is -0.930. The van der Waals surface area contributed by atoms with Crippen molar-refractivity contribution in [1.82, 2.24) is 4.98 Å². The average Bonchev–Trinajstić information content (AvgIpc) is 2.30. The molecule has 0 radical (unpaired) electrons. The molecule has 0 saturated heterocycles. The van der Waals surface area contributed by atoms with Crippen LogP contribution >= 0.6 is 27.5 Å². The molecule has 1 aromatic heterocycles. The van der Waals surface area contributed by atoms with Crippen LogP contribution in [0.15, 0.2) is 36.5 Å². The highest BCUT2D eigenvalue weighted by Crippen LogP contribution is 2.26. The fraction of sp³-hybridized carbons (Fsp3) is 0.0833. The van der Waals surface area contributed by atoms with Crippen LogP contribution in [0.5, 0.6) is 0 Å². The zero-order valence-corrected chi connectivity index (χ0v) is 10.6. The van der Waals surface area contributed by atoms with Crippen molar-refractivity contribution in [3.8, 4) is 11.3 Å². The number of hydrogen-bond acceptors (Lipinski definition) is 1. The molecule has 16 heavy (non-hydrogen) atoms. The number of nitrogens with zero attached hydrogens (tertiary/aromatic N) is 1. The van der Waals surface area contributed by atoms with Gasteiger partial charge in [0.2, 0.25) is 0 Å². The summed E-state index contributed by atoms with van der Waals surface area (Å²) in [6, 6.07) is 7.97. The molecule has 82 valence electrons. The predicted molar refractivity (Wildman–Crippen MR) is 67.3 cm³/mol. The molecule has 0 aliphatic rings. The first-order valence-corrected chi connectivity index (χ1v) is 6.17. The van der Waals surface area contributed by atoms with Gasteiger partial charge in [-0.15, -0.1) is 0 Å². The van der Waals surface area contributed by atoms with E-state index in [9.17, 15) is 4.39 Å². The van der Waals surface area contributed by atoms with E-state index in [2.05, 4.69) is 20.9 Å². The molecule has 0 unspecified atom stereocenters. The van der Waals surface area contributed by atoms with E-state index in [1.807, 2.05) is 6.07 Å². The number of alkyl halides is 1. The number of halogens is 3. The van der Waals surface area contributed by atoms with E-state index in [1.165, 1.54) is 12.1 Å². The van der Waals surface area contributed by atoms with E-state index in [-0.39, 0.29) is 5.82 Å². The highest BCUT2D eigenvalue weighted by Gasteiger charge is 2.06. The lowest BCUT2D eigenvalue weighted by Crippen LogP contribution is -1.88. The SMILES string of the molecule is Fc1ccc(-c2ncc(CBr)cc2Cl)cc1. The first kappa shape index (κ1) is 11.6. The van der Waals surface area contributed by atoms with Gasteiger partial charge in [-0.05, 0) is 35.9 Å². The van der Waals surface area contributed by atoms with E-state index >= 15 is 0 Å². The fourth-order valence-corrected chi connectivity index (χ4v) is 1.98. The van der Waals surface area contributed by atoms with Gasteiger partial charge in [0.1, 0.15) is 5.82 Å².